The lowest BCUT2D eigenvalue weighted by Gasteiger charge is -2.09. The number of esters is 1. The van der Waals surface area contributed by atoms with Gasteiger partial charge in [-0.2, -0.15) is 0 Å². The molecule has 3 nitrogen and oxygen atoms in total. The fraction of sp³-hybridized carbons (Fsp3) is 0.500. The van der Waals surface area contributed by atoms with Crippen LogP contribution in [-0.2, 0) is 16.0 Å². The number of hydrogen-bond donors (Lipinski definition) is 1. The van der Waals surface area contributed by atoms with Crippen LogP contribution in [0.1, 0.15) is 25.0 Å². The van der Waals surface area contributed by atoms with Crippen LogP contribution in [0, 0.1) is 6.92 Å². The number of nitrogens with one attached hydrogen (secondary N) is 1. The molecule has 0 spiro atoms. The molecule has 0 fully saturated rings. The van der Waals surface area contributed by atoms with Crippen molar-refractivity contribution in [3.8, 4) is 0 Å². The van der Waals surface area contributed by atoms with Crippen molar-refractivity contribution in [2.45, 2.75) is 33.3 Å². The van der Waals surface area contributed by atoms with Gasteiger partial charge in [0.2, 0.25) is 0 Å². The van der Waals surface area contributed by atoms with E-state index >= 15 is 0 Å². The van der Waals surface area contributed by atoms with Crippen LogP contribution in [0.2, 0.25) is 0 Å². The Hall–Kier alpha value is -1.35. The van der Waals surface area contributed by atoms with Gasteiger partial charge in [0.05, 0.1) is 12.6 Å². The monoisotopic (exact) mass is 235 g/mol. The summed E-state index contributed by atoms with van der Waals surface area (Å²) >= 11 is 0. The summed E-state index contributed by atoms with van der Waals surface area (Å²) in [5, 5.41) is 3.09. The topological polar surface area (TPSA) is 38.3 Å². The largest absolute Gasteiger partial charge is 0.462 e. The highest BCUT2D eigenvalue weighted by Crippen LogP contribution is 2.06. The summed E-state index contributed by atoms with van der Waals surface area (Å²) in [7, 11) is 0. The van der Waals surface area contributed by atoms with E-state index in [4.69, 9.17) is 4.74 Å². The average molecular weight is 235 g/mol. The fourth-order valence-corrected chi connectivity index (χ4v) is 1.61. The molecule has 17 heavy (non-hydrogen) atoms. The number of carbonyl (C=O) groups excluding carboxylic acids is 1. The van der Waals surface area contributed by atoms with Gasteiger partial charge in [0, 0.05) is 0 Å². The summed E-state index contributed by atoms with van der Waals surface area (Å²) in [6.07, 6.45) is 0.891. The molecule has 94 valence electrons. The van der Waals surface area contributed by atoms with Gasteiger partial charge in [0.15, 0.2) is 0 Å². The van der Waals surface area contributed by atoms with Crippen molar-refractivity contribution in [2.24, 2.45) is 0 Å². The Morgan fingerprint density at radius 3 is 2.71 bits per heavy atom. The highest BCUT2D eigenvalue weighted by atomic mass is 16.5. The molecule has 0 aliphatic heterocycles. The van der Waals surface area contributed by atoms with E-state index in [0.717, 1.165) is 13.0 Å². The molecule has 0 radical (unpaired) electrons. The van der Waals surface area contributed by atoms with Gasteiger partial charge >= 0.3 is 5.97 Å². The second-order valence-corrected chi connectivity index (χ2v) is 4.39. The van der Waals surface area contributed by atoms with Crippen LogP contribution in [-0.4, -0.2) is 25.2 Å². The number of aryl methyl sites for hydroxylation is 1. The molecule has 1 aromatic carbocycles. The third-order valence-corrected chi connectivity index (χ3v) is 2.47. The number of rotatable bonds is 6. The predicted molar refractivity (Wildman–Crippen MR) is 69.0 cm³/mol. The van der Waals surface area contributed by atoms with Crippen LogP contribution < -0.4 is 5.32 Å². The third-order valence-electron chi connectivity index (χ3n) is 2.47. The molecule has 0 amide bonds. The molecule has 1 aromatic rings. The van der Waals surface area contributed by atoms with Crippen molar-refractivity contribution in [3.05, 3.63) is 35.4 Å². The highest BCUT2D eigenvalue weighted by Gasteiger charge is 2.04. The van der Waals surface area contributed by atoms with Crippen LogP contribution in [0.25, 0.3) is 0 Å². The Labute approximate surface area is 103 Å². The standard InChI is InChI=1S/C14H21NO2/c1-11(2)17-14(16)10-15-9-8-13-7-5-4-6-12(13)3/h4-7,11,15H,8-10H2,1-3H3. The molecule has 1 rings (SSSR count). The summed E-state index contributed by atoms with van der Waals surface area (Å²) in [5.74, 6) is -0.190. The smallest absolute Gasteiger partial charge is 0.320 e. The molecule has 0 saturated heterocycles. The highest BCUT2D eigenvalue weighted by molar-refractivity contribution is 5.71. The number of ether oxygens (including phenoxy) is 1. The second kappa shape index (κ2) is 7.07. The minimum Gasteiger partial charge on any atom is -0.462 e. The van der Waals surface area contributed by atoms with Gasteiger partial charge in [-0.05, 0) is 44.9 Å². The van der Waals surface area contributed by atoms with E-state index in [9.17, 15) is 4.79 Å². The number of hydrogen-bond acceptors (Lipinski definition) is 3. The molecule has 1 N–H and O–H groups in total. The first kappa shape index (κ1) is 13.7. The lowest BCUT2D eigenvalue weighted by Crippen LogP contribution is -2.28. The van der Waals surface area contributed by atoms with E-state index in [1.54, 1.807) is 0 Å². The fourth-order valence-electron chi connectivity index (χ4n) is 1.61. The zero-order valence-electron chi connectivity index (χ0n) is 10.8. The van der Waals surface area contributed by atoms with Crippen molar-refractivity contribution in [1.29, 1.82) is 0 Å². The maximum Gasteiger partial charge on any atom is 0.320 e. The molecule has 0 bridgehead atoms. The summed E-state index contributed by atoms with van der Waals surface area (Å²) in [6, 6.07) is 8.29. The number of carbonyl (C=O) groups is 1. The Balaban J connectivity index is 2.21. The van der Waals surface area contributed by atoms with Crippen molar-refractivity contribution in [2.75, 3.05) is 13.1 Å². The van der Waals surface area contributed by atoms with E-state index < -0.39 is 0 Å². The van der Waals surface area contributed by atoms with E-state index in [0.29, 0.717) is 0 Å². The van der Waals surface area contributed by atoms with Gasteiger partial charge in [-0.15, -0.1) is 0 Å². The Morgan fingerprint density at radius 2 is 2.06 bits per heavy atom. The molecule has 0 heterocycles. The van der Waals surface area contributed by atoms with E-state index in [1.807, 2.05) is 26.0 Å². The summed E-state index contributed by atoms with van der Waals surface area (Å²) in [5.41, 5.74) is 2.61. The molecule has 0 aliphatic rings. The first-order chi connectivity index (χ1) is 8.09. The van der Waals surface area contributed by atoms with Gasteiger partial charge in [-0.25, -0.2) is 0 Å². The van der Waals surface area contributed by atoms with Crippen LogP contribution in [0.3, 0.4) is 0 Å². The zero-order valence-corrected chi connectivity index (χ0v) is 10.8. The quantitative estimate of drug-likeness (QED) is 0.606. The maximum absolute atomic E-state index is 11.2. The van der Waals surface area contributed by atoms with Gasteiger partial charge in [0.25, 0.3) is 0 Å². The summed E-state index contributed by atoms with van der Waals surface area (Å²) in [4.78, 5) is 11.2. The minimum atomic E-state index is -0.190. The third kappa shape index (κ3) is 5.50. The van der Waals surface area contributed by atoms with Crippen molar-refractivity contribution >= 4 is 5.97 Å². The molecule has 0 unspecified atom stereocenters. The van der Waals surface area contributed by atoms with Crippen LogP contribution in [0.5, 0.6) is 0 Å². The molecular formula is C14H21NO2. The van der Waals surface area contributed by atoms with E-state index in [2.05, 4.69) is 24.4 Å². The van der Waals surface area contributed by atoms with Crippen LogP contribution in [0.15, 0.2) is 24.3 Å². The van der Waals surface area contributed by atoms with Gasteiger partial charge in [0.1, 0.15) is 0 Å². The lowest BCUT2D eigenvalue weighted by molar-refractivity contribution is -0.146. The maximum atomic E-state index is 11.2. The van der Waals surface area contributed by atoms with Crippen molar-refractivity contribution in [1.82, 2.24) is 5.32 Å². The molecule has 0 saturated carbocycles. The van der Waals surface area contributed by atoms with E-state index in [-0.39, 0.29) is 18.6 Å². The molecule has 0 aromatic heterocycles. The van der Waals surface area contributed by atoms with Crippen molar-refractivity contribution < 1.29 is 9.53 Å². The number of benzene rings is 1. The summed E-state index contributed by atoms with van der Waals surface area (Å²) < 4.78 is 5.02. The Bertz CT molecular complexity index is 361. The van der Waals surface area contributed by atoms with Crippen LogP contribution >= 0.6 is 0 Å². The van der Waals surface area contributed by atoms with E-state index in [1.165, 1.54) is 11.1 Å². The van der Waals surface area contributed by atoms with Gasteiger partial charge in [-0.3, -0.25) is 4.79 Å². The predicted octanol–water partition coefficient (Wildman–Crippen LogP) is 2.08. The first-order valence-electron chi connectivity index (χ1n) is 6.04. The SMILES string of the molecule is Cc1ccccc1CCNCC(=O)OC(C)C. The second-order valence-electron chi connectivity index (χ2n) is 4.39. The Morgan fingerprint density at radius 1 is 1.35 bits per heavy atom. The van der Waals surface area contributed by atoms with Gasteiger partial charge in [-0.1, -0.05) is 24.3 Å². The molecule has 0 atom stereocenters. The normalized spacial score (nSPS) is 10.6. The first-order valence-corrected chi connectivity index (χ1v) is 6.04. The van der Waals surface area contributed by atoms with Crippen LogP contribution in [0.4, 0.5) is 0 Å². The van der Waals surface area contributed by atoms with Gasteiger partial charge < -0.3 is 10.1 Å². The van der Waals surface area contributed by atoms with Crippen molar-refractivity contribution in [3.63, 3.8) is 0 Å². The minimum absolute atomic E-state index is 0.0410. The molecular weight excluding hydrogens is 214 g/mol. The molecule has 0 aliphatic carbocycles. The summed E-state index contributed by atoms with van der Waals surface area (Å²) in [6.45, 7) is 6.88. The zero-order chi connectivity index (χ0) is 12.7. The Kier molecular flexibility index (Phi) is 5.70. The molecule has 3 heteroatoms. The average Bonchev–Trinajstić information content (AvgIpc) is 2.25. The lowest BCUT2D eigenvalue weighted by atomic mass is 10.1.